The summed E-state index contributed by atoms with van der Waals surface area (Å²) in [5.74, 6) is -1.02. The monoisotopic (exact) mass is 259 g/mol. The SMILES string of the molecule is CNC1CCc2cc(-c3c(F)cccc3F)ccc21. The smallest absolute Gasteiger partial charge is 0.133 e. The highest BCUT2D eigenvalue weighted by atomic mass is 19.1. The molecular weight excluding hydrogens is 244 g/mol. The van der Waals surface area contributed by atoms with Crippen molar-refractivity contribution in [2.24, 2.45) is 0 Å². The quantitative estimate of drug-likeness (QED) is 0.864. The summed E-state index contributed by atoms with van der Waals surface area (Å²) < 4.78 is 27.6. The van der Waals surface area contributed by atoms with Crippen molar-refractivity contribution in [3.8, 4) is 11.1 Å². The number of nitrogens with one attached hydrogen (secondary N) is 1. The Hall–Kier alpha value is -1.74. The van der Waals surface area contributed by atoms with Crippen molar-refractivity contribution in [1.82, 2.24) is 5.32 Å². The van der Waals surface area contributed by atoms with Crippen LogP contribution in [0.1, 0.15) is 23.6 Å². The zero-order chi connectivity index (χ0) is 13.4. The van der Waals surface area contributed by atoms with E-state index in [2.05, 4.69) is 5.32 Å². The van der Waals surface area contributed by atoms with E-state index in [1.165, 1.54) is 29.3 Å². The lowest BCUT2D eigenvalue weighted by Crippen LogP contribution is -2.12. The highest BCUT2D eigenvalue weighted by Gasteiger charge is 2.22. The van der Waals surface area contributed by atoms with Crippen LogP contribution in [-0.4, -0.2) is 7.05 Å². The lowest BCUT2D eigenvalue weighted by atomic mass is 9.99. The van der Waals surface area contributed by atoms with Crippen LogP contribution in [0.5, 0.6) is 0 Å². The minimum absolute atomic E-state index is 0.0678. The second-order valence-corrected chi connectivity index (χ2v) is 4.89. The maximum absolute atomic E-state index is 13.8. The fraction of sp³-hybridized carbons (Fsp3) is 0.250. The Morgan fingerprint density at radius 3 is 2.53 bits per heavy atom. The molecule has 0 amide bonds. The molecule has 3 heteroatoms. The molecule has 0 saturated heterocycles. The van der Waals surface area contributed by atoms with Gasteiger partial charge in [0.15, 0.2) is 0 Å². The number of rotatable bonds is 2. The average molecular weight is 259 g/mol. The Bertz CT molecular complexity index is 602. The summed E-state index contributed by atoms with van der Waals surface area (Å²) in [4.78, 5) is 0. The Kier molecular flexibility index (Phi) is 3.07. The van der Waals surface area contributed by atoms with Gasteiger partial charge in [0.25, 0.3) is 0 Å². The van der Waals surface area contributed by atoms with Crippen LogP contribution >= 0.6 is 0 Å². The standard InChI is InChI=1S/C16H15F2N/c1-19-15-8-6-10-9-11(5-7-12(10)15)16-13(17)3-2-4-14(16)18/h2-5,7,9,15,19H,6,8H2,1H3. The van der Waals surface area contributed by atoms with E-state index in [1.807, 2.05) is 19.2 Å². The van der Waals surface area contributed by atoms with Crippen molar-refractivity contribution in [2.75, 3.05) is 7.05 Å². The molecule has 19 heavy (non-hydrogen) atoms. The third-order valence-electron chi connectivity index (χ3n) is 3.82. The summed E-state index contributed by atoms with van der Waals surface area (Å²) in [5.41, 5.74) is 3.10. The zero-order valence-corrected chi connectivity index (χ0v) is 10.7. The van der Waals surface area contributed by atoms with Gasteiger partial charge in [-0.1, -0.05) is 24.3 Å². The maximum Gasteiger partial charge on any atom is 0.133 e. The normalized spacial score (nSPS) is 17.5. The molecule has 1 aliphatic carbocycles. The molecule has 0 radical (unpaired) electrons. The van der Waals surface area contributed by atoms with E-state index >= 15 is 0 Å². The van der Waals surface area contributed by atoms with Crippen LogP contribution < -0.4 is 5.32 Å². The number of halogens is 2. The predicted molar refractivity (Wildman–Crippen MR) is 71.9 cm³/mol. The average Bonchev–Trinajstić information content (AvgIpc) is 2.81. The Labute approximate surface area is 111 Å². The molecule has 0 aromatic heterocycles. The number of aryl methyl sites for hydroxylation is 1. The molecule has 2 aromatic rings. The van der Waals surface area contributed by atoms with Crippen LogP contribution in [0.4, 0.5) is 8.78 Å². The molecule has 1 nitrogen and oxygen atoms in total. The van der Waals surface area contributed by atoms with Gasteiger partial charge in [0.2, 0.25) is 0 Å². The molecule has 0 aliphatic heterocycles. The van der Waals surface area contributed by atoms with Crippen molar-refractivity contribution in [3.05, 3.63) is 59.2 Å². The van der Waals surface area contributed by atoms with Gasteiger partial charge in [0.1, 0.15) is 11.6 Å². The van der Waals surface area contributed by atoms with Crippen molar-refractivity contribution >= 4 is 0 Å². The molecule has 98 valence electrons. The molecule has 1 unspecified atom stereocenters. The Morgan fingerprint density at radius 1 is 1.11 bits per heavy atom. The largest absolute Gasteiger partial charge is 0.313 e. The van der Waals surface area contributed by atoms with E-state index in [9.17, 15) is 8.78 Å². The van der Waals surface area contributed by atoms with Crippen LogP contribution in [0.2, 0.25) is 0 Å². The number of fused-ring (bicyclic) bond motifs is 1. The van der Waals surface area contributed by atoms with E-state index in [-0.39, 0.29) is 5.56 Å². The number of hydrogen-bond donors (Lipinski definition) is 1. The summed E-state index contributed by atoms with van der Waals surface area (Å²) in [5, 5.41) is 3.25. The second-order valence-electron chi connectivity index (χ2n) is 4.89. The van der Waals surface area contributed by atoms with Gasteiger partial charge in [-0.25, -0.2) is 8.78 Å². The molecule has 2 aromatic carbocycles. The summed E-state index contributed by atoms with van der Waals surface area (Å²) in [6.07, 6.45) is 1.99. The van der Waals surface area contributed by atoms with E-state index in [0.29, 0.717) is 11.6 Å². The minimum Gasteiger partial charge on any atom is -0.313 e. The molecule has 1 aliphatic rings. The lowest BCUT2D eigenvalue weighted by Gasteiger charge is -2.11. The lowest BCUT2D eigenvalue weighted by molar-refractivity contribution is 0.589. The summed E-state index contributed by atoms with van der Waals surface area (Å²) in [6.45, 7) is 0. The number of hydrogen-bond acceptors (Lipinski definition) is 1. The summed E-state index contributed by atoms with van der Waals surface area (Å²) in [7, 11) is 1.93. The van der Waals surface area contributed by atoms with Crippen molar-refractivity contribution < 1.29 is 8.78 Å². The molecule has 1 N–H and O–H groups in total. The maximum atomic E-state index is 13.8. The molecule has 0 spiro atoms. The van der Waals surface area contributed by atoms with Crippen molar-refractivity contribution in [2.45, 2.75) is 18.9 Å². The third-order valence-corrected chi connectivity index (χ3v) is 3.82. The molecule has 1 atom stereocenters. The third kappa shape index (κ3) is 2.04. The van der Waals surface area contributed by atoms with Gasteiger partial charge in [0, 0.05) is 6.04 Å². The topological polar surface area (TPSA) is 12.0 Å². The predicted octanol–water partition coefficient (Wildman–Crippen LogP) is 3.84. The second kappa shape index (κ2) is 4.74. The van der Waals surface area contributed by atoms with Gasteiger partial charge < -0.3 is 5.32 Å². The highest BCUT2D eigenvalue weighted by Crippen LogP contribution is 2.35. The fourth-order valence-corrected chi connectivity index (χ4v) is 2.85. The van der Waals surface area contributed by atoms with Crippen LogP contribution in [0.15, 0.2) is 36.4 Å². The van der Waals surface area contributed by atoms with E-state index in [1.54, 1.807) is 6.07 Å². The van der Waals surface area contributed by atoms with Gasteiger partial charge in [0.05, 0.1) is 5.56 Å². The molecule has 3 rings (SSSR count). The Morgan fingerprint density at radius 2 is 1.84 bits per heavy atom. The first-order valence-corrected chi connectivity index (χ1v) is 6.45. The van der Waals surface area contributed by atoms with Crippen molar-refractivity contribution in [1.29, 1.82) is 0 Å². The first kappa shape index (κ1) is 12.3. The molecule has 0 saturated carbocycles. The van der Waals surface area contributed by atoms with Gasteiger partial charge in [-0.3, -0.25) is 0 Å². The van der Waals surface area contributed by atoms with Crippen LogP contribution in [0, 0.1) is 11.6 Å². The molecule has 0 fully saturated rings. The van der Waals surface area contributed by atoms with E-state index in [4.69, 9.17) is 0 Å². The summed E-state index contributed by atoms with van der Waals surface area (Å²) in [6, 6.07) is 10.0. The van der Waals surface area contributed by atoms with Crippen LogP contribution in [0.3, 0.4) is 0 Å². The van der Waals surface area contributed by atoms with Gasteiger partial charge in [-0.05, 0) is 48.7 Å². The first-order valence-electron chi connectivity index (χ1n) is 6.45. The Balaban J connectivity index is 2.09. The molecular formula is C16H15F2N. The summed E-state index contributed by atoms with van der Waals surface area (Å²) >= 11 is 0. The number of benzene rings is 2. The van der Waals surface area contributed by atoms with Crippen molar-refractivity contribution in [3.63, 3.8) is 0 Å². The van der Waals surface area contributed by atoms with Crippen LogP contribution in [-0.2, 0) is 6.42 Å². The molecule has 0 heterocycles. The van der Waals surface area contributed by atoms with Crippen LogP contribution in [0.25, 0.3) is 11.1 Å². The van der Waals surface area contributed by atoms with E-state index < -0.39 is 11.6 Å². The van der Waals surface area contributed by atoms with Gasteiger partial charge in [-0.15, -0.1) is 0 Å². The fourth-order valence-electron chi connectivity index (χ4n) is 2.85. The zero-order valence-electron chi connectivity index (χ0n) is 10.7. The van der Waals surface area contributed by atoms with Gasteiger partial charge >= 0.3 is 0 Å². The molecule has 0 bridgehead atoms. The highest BCUT2D eigenvalue weighted by molar-refractivity contribution is 5.66. The van der Waals surface area contributed by atoms with E-state index in [0.717, 1.165) is 12.8 Å². The first-order chi connectivity index (χ1) is 9.20. The van der Waals surface area contributed by atoms with Gasteiger partial charge in [-0.2, -0.15) is 0 Å². The minimum atomic E-state index is -0.511.